The van der Waals surface area contributed by atoms with E-state index in [2.05, 4.69) is 4.72 Å². The molecule has 0 aliphatic carbocycles. The lowest BCUT2D eigenvalue weighted by Gasteiger charge is -2.33. The third-order valence-electron chi connectivity index (χ3n) is 2.55. The first-order valence-electron chi connectivity index (χ1n) is 5.49. The second-order valence-electron chi connectivity index (χ2n) is 6.13. The molecular formula is C11H24ClNO2S. The van der Waals surface area contributed by atoms with Crippen molar-refractivity contribution in [2.45, 2.75) is 58.8 Å². The van der Waals surface area contributed by atoms with Crippen LogP contribution in [0.15, 0.2) is 0 Å². The van der Waals surface area contributed by atoms with E-state index in [9.17, 15) is 8.42 Å². The number of rotatable bonds is 4. The highest BCUT2D eigenvalue weighted by Gasteiger charge is 2.34. The Morgan fingerprint density at radius 2 is 1.56 bits per heavy atom. The SMILES string of the molecule is CC(C)(C)C(CCCl)NS(=O)(=O)C(C)(C)C. The van der Waals surface area contributed by atoms with Crippen molar-refractivity contribution in [3.63, 3.8) is 0 Å². The lowest BCUT2D eigenvalue weighted by molar-refractivity contribution is 0.291. The number of hydrogen-bond acceptors (Lipinski definition) is 2. The van der Waals surface area contributed by atoms with Crippen LogP contribution < -0.4 is 4.72 Å². The zero-order valence-electron chi connectivity index (χ0n) is 11.1. The van der Waals surface area contributed by atoms with E-state index in [4.69, 9.17) is 11.6 Å². The quantitative estimate of drug-likeness (QED) is 0.798. The van der Waals surface area contributed by atoms with Gasteiger partial charge in [-0.2, -0.15) is 0 Å². The Hall–Kier alpha value is 0.200. The van der Waals surface area contributed by atoms with Crippen molar-refractivity contribution in [2.24, 2.45) is 5.41 Å². The molecule has 0 fully saturated rings. The molecule has 0 saturated heterocycles. The minimum Gasteiger partial charge on any atom is -0.212 e. The summed E-state index contributed by atoms with van der Waals surface area (Å²) in [5, 5.41) is 0. The predicted molar refractivity (Wildman–Crippen MR) is 70.4 cm³/mol. The van der Waals surface area contributed by atoms with Crippen LogP contribution in [0.4, 0.5) is 0 Å². The van der Waals surface area contributed by atoms with Gasteiger partial charge in [0.2, 0.25) is 10.0 Å². The Morgan fingerprint density at radius 3 is 1.81 bits per heavy atom. The summed E-state index contributed by atoms with van der Waals surface area (Å²) in [5.74, 6) is 0.453. The topological polar surface area (TPSA) is 46.2 Å². The largest absolute Gasteiger partial charge is 0.216 e. The first kappa shape index (κ1) is 16.2. The van der Waals surface area contributed by atoms with Gasteiger partial charge in [-0.1, -0.05) is 20.8 Å². The highest BCUT2D eigenvalue weighted by molar-refractivity contribution is 7.90. The fourth-order valence-corrected chi connectivity index (χ4v) is 2.56. The minimum absolute atomic E-state index is 0.130. The fourth-order valence-electron chi connectivity index (χ4n) is 1.14. The first-order chi connectivity index (χ1) is 6.92. The van der Waals surface area contributed by atoms with Gasteiger partial charge in [-0.3, -0.25) is 0 Å². The van der Waals surface area contributed by atoms with Crippen molar-refractivity contribution in [1.82, 2.24) is 4.72 Å². The van der Waals surface area contributed by atoms with Gasteiger partial charge in [0.05, 0.1) is 4.75 Å². The van der Waals surface area contributed by atoms with Gasteiger partial charge in [0.15, 0.2) is 0 Å². The maximum absolute atomic E-state index is 12.0. The predicted octanol–water partition coefficient (Wildman–Crippen LogP) is 2.75. The molecule has 0 amide bonds. The highest BCUT2D eigenvalue weighted by atomic mass is 35.5. The van der Waals surface area contributed by atoms with Crippen LogP contribution in [0.25, 0.3) is 0 Å². The fraction of sp³-hybridized carbons (Fsp3) is 1.00. The first-order valence-corrected chi connectivity index (χ1v) is 7.51. The molecule has 0 aromatic heterocycles. The summed E-state index contributed by atoms with van der Waals surface area (Å²) in [7, 11) is -3.31. The van der Waals surface area contributed by atoms with E-state index in [1.807, 2.05) is 20.8 Å². The van der Waals surface area contributed by atoms with Gasteiger partial charge >= 0.3 is 0 Å². The van der Waals surface area contributed by atoms with Crippen molar-refractivity contribution in [3.05, 3.63) is 0 Å². The second kappa shape index (κ2) is 5.23. The van der Waals surface area contributed by atoms with Crippen LogP contribution >= 0.6 is 11.6 Å². The molecule has 1 N–H and O–H groups in total. The van der Waals surface area contributed by atoms with E-state index in [1.165, 1.54) is 0 Å². The van der Waals surface area contributed by atoms with Crippen molar-refractivity contribution < 1.29 is 8.42 Å². The molecule has 0 heterocycles. The summed E-state index contributed by atoms with van der Waals surface area (Å²) in [6, 6.07) is -0.130. The van der Waals surface area contributed by atoms with Crippen LogP contribution in [0.5, 0.6) is 0 Å². The number of nitrogens with one attached hydrogen (secondary N) is 1. The highest BCUT2D eigenvalue weighted by Crippen LogP contribution is 2.25. The molecule has 5 heteroatoms. The zero-order chi connectivity index (χ0) is 13.2. The normalized spacial score (nSPS) is 16.2. The van der Waals surface area contributed by atoms with E-state index in [0.717, 1.165) is 0 Å². The van der Waals surface area contributed by atoms with E-state index in [1.54, 1.807) is 20.8 Å². The summed E-state index contributed by atoms with van der Waals surface area (Å²) >= 11 is 5.71. The summed E-state index contributed by atoms with van der Waals surface area (Å²) in [5.41, 5.74) is -0.132. The number of alkyl halides is 1. The third-order valence-corrected chi connectivity index (χ3v) is 4.97. The molecule has 0 rings (SSSR count). The molecule has 0 aromatic carbocycles. The Morgan fingerprint density at radius 1 is 1.12 bits per heavy atom. The molecule has 0 aliphatic rings. The van der Waals surface area contributed by atoms with Crippen LogP contribution in [0.3, 0.4) is 0 Å². The van der Waals surface area contributed by atoms with Crippen molar-refractivity contribution >= 4 is 21.6 Å². The lowest BCUT2D eigenvalue weighted by Crippen LogP contribution is -2.49. The van der Waals surface area contributed by atoms with Crippen LogP contribution in [0, 0.1) is 5.41 Å². The average molecular weight is 270 g/mol. The summed E-state index contributed by atoms with van der Waals surface area (Å²) < 4.78 is 26.0. The summed E-state index contributed by atoms with van der Waals surface area (Å²) in [6.45, 7) is 11.1. The molecule has 98 valence electrons. The van der Waals surface area contributed by atoms with Crippen LogP contribution in [0.2, 0.25) is 0 Å². The van der Waals surface area contributed by atoms with Crippen molar-refractivity contribution in [1.29, 1.82) is 0 Å². The molecule has 0 aliphatic heterocycles. The van der Waals surface area contributed by atoms with Crippen LogP contribution in [-0.4, -0.2) is 25.1 Å². The number of hydrogen-bond donors (Lipinski definition) is 1. The third kappa shape index (κ3) is 4.60. The summed E-state index contributed by atoms with van der Waals surface area (Å²) in [6.07, 6.45) is 0.639. The van der Waals surface area contributed by atoms with Gasteiger partial charge in [0.1, 0.15) is 0 Å². The maximum Gasteiger partial charge on any atom is 0.216 e. The van der Waals surface area contributed by atoms with Gasteiger partial charge in [-0.05, 0) is 32.6 Å². The van der Waals surface area contributed by atoms with E-state index in [-0.39, 0.29) is 11.5 Å². The number of sulfonamides is 1. The Bertz CT molecular complexity index is 312. The summed E-state index contributed by atoms with van der Waals surface area (Å²) in [4.78, 5) is 0. The van der Waals surface area contributed by atoms with Gasteiger partial charge in [0, 0.05) is 11.9 Å². The smallest absolute Gasteiger partial charge is 0.212 e. The molecular weight excluding hydrogens is 246 g/mol. The minimum atomic E-state index is -3.31. The average Bonchev–Trinajstić information content (AvgIpc) is 1.99. The monoisotopic (exact) mass is 269 g/mol. The Kier molecular flexibility index (Phi) is 5.30. The van der Waals surface area contributed by atoms with E-state index >= 15 is 0 Å². The second-order valence-corrected chi connectivity index (χ2v) is 8.98. The van der Waals surface area contributed by atoms with Crippen LogP contribution in [0.1, 0.15) is 48.0 Å². The molecule has 0 aromatic rings. The lowest BCUT2D eigenvalue weighted by atomic mass is 9.86. The molecule has 1 unspecified atom stereocenters. The van der Waals surface area contributed by atoms with Crippen molar-refractivity contribution in [2.75, 3.05) is 5.88 Å². The van der Waals surface area contributed by atoms with Gasteiger partial charge in [-0.15, -0.1) is 11.6 Å². The Labute approximate surface area is 105 Å². The molecule has 3 nitrogen and oxygen atoms in total. The van der Waals surface area contributed by atoms with Crippen LogP contribution in [-0.2, 0) is 10.0 Å². The molecule has 16 heavy (non-hydrogen) atoms. The zero-order valence-corrected chi connectivity index (χ0v) is 12.7. The van der Waals surface area contributed by atoms with Gasteiger partial charge in [0.25, 0.3) is 0 Å². The molecule has 0 spiro atoms. The molecule has 0 radical (unpaired) electrons. The van der Waals surface area contributed by atoms with Gasteiger partial charge < -0.3 is 0 Å². The molecule has 1 atom stereocenters. The van der Waals surface area contributed by atoms with E-state index in [0.29, 0.717) is 12.3 Å². The standard InChI is InChI=1S/C11H24ClNO2S/c1-10(2,3)9(7-8-12)13-16(14,15)11(4,5)6/h9,13H,7-8H2,1-6H3. The maximum atomic E-state index is 12.0. The van der Waals surface area contributed by atoms with Gasteiger partial charge in [-0.25, -0.2) is 13.1 Å². The Balaban J connectivity index is 4.92. The van der Waals surface area contributed by atoms with E-state index < -0.39 is 14.8 Å². The molecule has 0 saturated carbocycles. The van der Waals surface area contributed by atoms with Crippen molar-refractivity contribution in [3.8, 4) is 0 Å². The number of halogens is 1. The molecule has 0 bridgehead atoms.